The summed E-state index contributed by atoms with van der Waals surface area (Å²) in [6.07, 6.45) is 7.30. The third-order valence-corrected chi connectivity index (χ3v) is 3.11. The molecule has 0 aromatic heterocycles. The minimum Gasteiger partial charge on any atom is -0.343 e. The van der Waals surface area contributed by atoms with Crippen molar-refractivity contribution < 1.29 is 4.79 Å². The molecule has 1 saturated heterocycles. The molecule has 1 aliphatic rings. The van der Waals surface area contributed by atoms with Crippen molar-refractivity contribution in [2.45, 2.75) is 65.7 Å². The molecule has 0 bridgehead atoms. The normalized spacial score (nSPS) is 16.1. The lowest BCUT2D eigenvalue weighted by atomic mass is 9.97. The molecular formula is C16H27NO. The summed E-state index contributed by atoms with van der Waals surface area (Å²) >= 11 is 0. The van der Waals surface area contributed by atoms with Gasteiger partial charge in [0.15, 0.2) is 0 Å². The number of carbonyl (C=O) groups is 1. The van der Waals surface area contributed by atoms with Gasteiger partial charge in [-0.05, 0) is 52.9 Å². The van der Waals surface area contributed by atoms with Crippen LogP contribution in [0.4, 0.5) is 0 Å². The van der Waals surface area contributed by atoms with Crippen molar-refractivity contribution in [3.8, 4) is 11.8 Å². The Labute approximate surface area is 112 Å². The SMILES string of the molecule is CC(C)(C)C#CCCCCC(=O)N1CCCCC1. The van der Waals surface area contributed by atoms with Gasteiger partial charge in [0.05, 0.1) is 0 Å². The number of hydrogen-bond acceptors (Lipinski definition) is 1. The van der Waals surface area contributed by atoms with Crippen molar-refractivity contribution >= 4 is 5.91 Å². The summed E-state index contributed by atoms with van der Waals surface area (Å²) in [4.78, 5) is 13.9. The van der Waals surface area contributed by atoms with Gasteiger partial charge < -0.3 is 4.90 Å². The second-order valence-electron chi connectivity index (χ2n) is 6.20. The van der Waals surface area contributed by atoms with Crippen molar-refractivity contribution in [2.75, 3.05) is 13.1 Å². The maximum Gasteiger partial charge on any atom is 0.222 e. The molecule has 0 spiro atoms. The second-order valence-corrected chi connectivity index (χ2v) is 6.20. The topological polar surface area (TPSA) is 20.3 Å². The Morgan fingerprint density at radius 2 is 1.78 bits per heavy atom. The number of rotatable bonds is 4. The molecule has 0 unspecified atom stereocenters. The fraction of sp³-hybridized carbons (Fsp3) is 0.812. The van der Waals surface area contributed by atoms with Gasteiger partial charge in [0.1, 0.15) is 0 Å². The van der Waals surface area contributed by atoms with Gasteiger partial charge in [0, 0.05) is 31.3 Å². The number of piperidine rings is 1. The zero-order valence-electron chi connectivity index (χ0n) is 12.2. The fourth-order valence-electron chi connectivity index (χ4n) is 2.12. The van der Waals surface area contributed by atoms with E-state index in [9.17, 15) is 4.79 Å². The molecule has 1 aliphatic heterocycles. The van der Waals surface area contributed by atoms with Crippen LogP contribution in [-0.4, -0.2) is 23.9 Å². The lowest BCUT2D eigenvalue weighted by molar-refractivity contribution is -0.132. The van der Waals surface area contributed by atoms with E-state index in [1.165, 1.54) is 19.3 Å². The third kappa shape index (κ3) is 6.69. The summed E-state index contributed by atoms with van der Waals surface area (Å²) in [5.74, 6) is 6.78. The van der Waals surface area contributed by atoms with Gasteiger partial charge in [-0.15, -0.1) is 5.92 Å². The largest absolute Gasteiger partial charge is 0.343 e. The molecule has 0 radical (unpaired) electrons. The molecule has 1 rings (SSSR count). The average molecular weight is 249 g/mol. The molecular weight excluding hydrogens is 222 g/mol. The van der Waals surface area contributed by atoms with Crippen molar-refractivity contribution in [1.82, 2.24) is 4.90 Å². The van der Waals surface area contributed by atoms with Gasteiger partial charge >= 0.3 is 0 Å². The molecule has 0 aliphatic carbocycles. The van der Waals surface area contributed by atoms with Crippen molar-refractivity contribution in [2.24, 2.45) is 5.41 Å². The Morgan fingerprint density at radius 3 is 2.39 bits per heavy atom. The molecule has 0 aromatic carbocycles. The highest BCUT2D eigenvalue weighted by Gasteiger charge is 2.15. The minimum atomic E-state index is 0.101. The molecule has 0 aromatic rings. The Morgan fingerprint density at radius 1 is 1.11 bits per heavy atom. The fourth-order valence-corrected chi connectivity index (χ4v) is 2.12. The first-order chi connectivity index (χ1) is 8.49. The lowest BCUT2D eigenvalue weighted by Gasteiger charge is -2.26. The molecule has 1 heterocycles. The van der Waals surface area contributed by atoms with Crippen LogP contribution < -0.4 is 0 Å². The maximum absolute atomic E-state index is 11.9. The Balaban J connectivity index is 2.10. The number of nitrogens with zero attached hydrogens (tertiary/aromatic N) is 1. The molecule has 0 saturated carbocycles. The molecule has 102 valence electrons. The number of likely N-dealkylation sites (tertiary alicyclic amines) is 1. The highest BCUT2D eigenvalue weighted by Crippen LogP contribution is 2.12. The van der Waals surface area contributed by atoms with Crippen LogP contribution in [0.3, 0.4) is 0 Å². The molecule has 2 nitrogen and oxygen atoms in total. The van der Waals surface area contributed by atoms with Crippen LogP contribution in [0.2, 0.25) is 0 Å². The van der Waals surface area contributed by atoms with E-state index in [4.69, 9.17) is 0 Å². The van der Waals surface area contributed by atoms with Crippen LogP contribution in [-0.2, 0) is 4.79 Å². The van der Waals surface area contributed by atoms with E-state index >= 15 is 0 Å². The van der Waals surface area contributed by atoms with Crippen LogP contribution in [0, 0.1) is 17.3 Å². The highest BCUT2D eigenvalue weighted by molar-refractivity contribution is 5.76. The van der Waals surface area contributed by atoms with Crippen LogP contribution in [0.5, 0.6) is 0 Å². The van der Waals surface area contributed by atoms with E-state index in [0.717, 1.165) is 32.4 Å². The standard InChI is InChI=1S/C16H27NO/c1-16(2,3)12-8-5-4-7-11-15(18)17-13-9-6-10-14-17/h4-7,9-11,13-14H2,1-3H3. The van der Waals surface area contributed by atoms with Gasteiger partial charge in [-0.25, -0.2) is 0 Å². The van der Waals surface area contributed by atoms with Gasteiger partial charge in [-0.3, -0.25) is 4.79 Å². The Bertz CT molecular complexity index is 310. The number of carbonyl (C=O) groups excluding carboxylic acids is 1. The Kier molecular flexibility index (Phi) is 6.25. The zero-order chi connectivity index (χ0) is 13.4. The molecule has 2 heteroatoms. The summed E-state index contributed by atoms with van der Waals surface area (Å²) in [5.41, 5.74) is 0.101. The maximum atomic E-state index is 11.9. The summed E-state index contributed by atoms with van der Waals surface area (Å²) in [5, 5.41) is 0. The van der Waals surface area contributed by atoms with Crippen molar-refractivity contribution in [3.05, 3.63) is 0 Å². The molecule has 18 heavy (non-hydrogen) atoms. The first kappa shape index (κ1) is 15.1. The van der Waals surface area contributed by atoms with E-state index in [0.29, 0.717) is 12.3 Å². The van der Waals surface area contributed by atoms with Gasteiger partial charge in [-0.2, -0.15) is 0 Å². The summed E-state index contributed by atoms with van der Waals surface area (Å²) < 4.78 is 0. The van der Waals surface area contributed by atoms with E-state index in [1.54, 1.807) is 0 Å². The average Bonchev–Trinajstić information content (AvgIpc) is 2.33. The van der Waals surface area contributed by atoms with E-state index in [2.05, 4.69) is 32.6 Å². The van der Waals surface area contributed by atoms with Gasteiger partial charge in [0.25, 0.3) is 0 Å². The molecule has 1 amide bonds. The predicted molar refractivity (Wildman–Crippen MR) is 76.1 cm³/mol. The van der Waals surface area contributed by atoms with Crippen molar-refractivity contribution in [3.63, 3.8) is 0 Å². The number of hydrogen-bond donors (Lipinski definition) is 0. The second kappa shape index (κ2) is 7.46. The van der Waals surface area contributed by atoms with Gasteiger partial charge in [0.2, 0.25) is 5.91 Å². The first-order valence-electron chi connectivity index (χ1n) is 7.27. The molecule has 0 atom stereocenters. The zero-order valence-corrected chi connectivity index (χ0v) is 12.2. The third-order valence-electron chi connectivity index (χ3n) is 3.11. The van der Waals surface area contributed by atoms with Gasteiger partial charge in [-0.1, -0.05) is 5.92 Å². The predicted octanol–water partition coefficient (Wildman–Crippen LogP) is 3.61. The van der Waals surface area contributed by atoms with Crippen LogP contribution in [0.25, 0.3) is 0 Å². The number of amides is 1. The summed E-state index contributed by atoms with van der Waals surface area (Å²) in [6.45, 7) is 8.32. The van der Waals surface area contributed by atoms with Crippen LogP contribution >= 0.6 is 0 Å². The van der Waals surface area contributed by atoms with Crippen molar-refractivity contribution in [1.29, 1.82) is 0 Å². The van der Waals surface area contributed by atoms with Crippen LogP contribution in [0.1, 0.15) is 65.7 Å². The van der Waals surface area contributed by atoms with E-state index in [1.807, 2.05) is 4.90 Å². The quantitative estimate of drug-likeness (QED) is 0.550. The highest BCUT2D eigenvalue weighted by atomic mass is 16.2. The Hall–Kier alpha value is -0.970. The molecule has 1 fully saturated rings. The van der Waals surface area contributed by atoms with E-state index < -0.39 is 0 Å². The monoisotopic (exact) mass is 249 g/mol. The smallest absolute Gasteiger partial charge is 0.222 e. The minimum absolute atomic E-state index is 0.101. The summed E-state index contributed by atoms with van der Waals surface area (Å²) in [7, 11) is 0. The first-order valence-corrected chi connectivity index (χ1v) is 7.27. The van der Waals surface area contributed by atoms with E-state index in [-0.39, 0.29) is 5.41 Å². The van der Waals surface area contributed by atoms with Crippen LogP contribution in [0.15, 0.2) is 0 Å². The lowest BCUT2D eigenvalue weighted by Crippen LogP contribution is -2.35. The number of unbranched alkanes of at least 4 members (excludes halogenated alkanes) is 2. The molecule has 0 N–H and O–H groups in total. The summed E-state index contributed by atoms with van der Waals surface area (Å²) in [6, 6.07) is 0.